The molecule has 0 amide bonds. The Morgan fingerprint density at radius 1 is 1.12 bits per heavy atom. The highest BCUT2D eigenvalue weighted by Crippen LogP contribution is 2.51. The van der Waals surface area contributed by atoms with Gasteiger partial charge in [0.1, 0.15) is 0 Å². The van der Waals surface area contributed by atoms with E-state index >= 15 is 0 Å². The first-order chi connectivity index (χ1) is 8.10. The van der Waals surface area contributed by atoms with E-state index in [2.05, 4.69) is 6.58 Å². The maximum atomic E-state index is 12.6. The van der Waals surface area contributed by atoms with Crippen molar-refractivity contribution in [1.29, 1.82) is 0 Å². The molecule has 90 valence electrons. The van der Waals surface area contributed by atoms with Crippen molar-refractivity contribution in [3.05, 3.63) is 42.5 Å². The molecule has 3 atom stereocenters. The van der Waals surface area contributed by atoms with Crippen LogP contribution in [0, 0.1) is 11.8 Å². The van der Waals surface area contributed by atoms with E-state index in [1.807, 2.05) is 6.07 Å². The van der Waals surface area contributed by atoms with Crippen LogP contribution in [0.1, 0.15) is 19.3 Å². The predicted molar refractivity (Wildman–Crippen MR) is 67.4 cm³/mol. The van der Waals surface area contributed by atoms with Gasteiger partial charge in [0.15, 0.2) is 9.84 Å². The van der Waals surface area contributed by atoms with Crippen molar-refractivity contribution in [1.82, 2.24) is 0 Å². The van der Waals surface area contributed by atoms with E-state index in [9.17, 15) is 8.42 Å². The molecule has 0 aliphatic heterocycles. The summed E-state index contributed by atoms with van der Waals surface area (Å²) >= 11 is 0. The molecule has 1 aromatic carbocycles. The molecule has 2 bridgehead atoms. The van der Waals surface area contributed by atoms with E-state index in [0.29, 0.717) is 16.7 Å². The summed E-state index contributed by atoms with van der Waals surface area (Å²) in [6, 6.07) is 8.78. The Kier molecular flexibility index (Phi) is 2.40. The quantitative estimate of drug-likeness (QED) is 0.754. The van der Waals surface area contributed by atoms with Crippen molar-refractivity contribution in [3.8, 4) is 0 Å². The summed E-state index contributed by atoms with van der Waals surface area (Å²) < 4.78 is 25.1. The minimum atomic E-state index is -3.22. The average molecular weight is 248 g/mol. The van der Waals surface area contributed by atoms with Crippen LogP contribution >= 0.6 is 0 Å². The van der Waals surface area contributed by atoms with Gasteiger partial charge in [-0.1, -0.05) is 30.4 Å². The zero-order chi connectivity index (χ0) is 12.0. The molecular weight excluding hydrogens is 232 g/mol. The van der Waals surface area contributed by atoms with E-state index in [-0.39, 0.29) is 5.25 Å². The number of sulfone groups is 1. The van der Waals surface area contributed by atoms with E-state index < -0.39 is 9.84 Å². The summed E-state index contributed by atoms with van der Waals surface area (Å²) in [5.74, 6) is 0.751. The van der Waals surface area contributed by atoms with Crippen molar-refractivity contribution in [2.45, 2.75) is 29.4 Å². The van der Waals surface area contributed by atoms with Crippen molar-refractivity contribution in [2.75, 3.05) is 0 Å². The normalized spacial score (nSPS) is 32.0. The van der Waals surface area contributed by atoms with Gasteiger partial charge in [-0.05, 0) is 43.2 Å². The van der Waals surface area contributed by atoms with E-state index in [4.69, 9.17) is 0 Å². The highest BCUT2D eigenvalue weighted by atomic mass is 32.2. The minimum Gasteiger partial charge on any atom is -0.223 e. The molecule has 0 heterocycles. The van der Waals surface area contributed by atoms with E-state index in [0.717, 1.165) is 24.8 Å². The zero-order valence-electron chi connectivity index (χ0n) is 9.67. The Morgan fingerprint density at radius 2 is 1.82 bits per heavy atom. The van der Waals surface area contributed by atoms with Gasteiger partial charge in [0.25, 0.3) is 0 Å². The van der Waals surface area contributed by atoms with Crippen LogP contribution in [0.25, 0.3) is 0 Å². The Morgan fingerprint density at radius 3 is 2.41 bits per heavy atom. The number of benzene rings is 1. The standard InChI is InChI=1S/C14H16O2S/c1-10-11-7-8-12(9-11)14(10)17(15,16)13-5-3-2-4-6-13/h2-6,11-12,14H,1,7-9H2/t11-,12+,14?/m1/s1. The fourth-order valence-corrected chi connectivity index (χ4v) is 5.55. The highest BCUT2D eigenvalue weighted by molar-refractivity contribution is 7.92. The summed E-state index contributed by atoms with van der Waals surface area (Å²) in [5, 5.41) is -0.330. The van der Waals surface area contributed by atoms with Crippen LogP contribution in [-0.2, 0) is 9.84 Å². The first-order valence-corrected chi connectivity index (χ1v) is 7.63. The van der Waals surface area contributed by atoms with Crippen LogP contribution in [-0.4, -0.2) is 13.7 Å². The Bertz CT molecular complexity index is 545. The van der Waals surface area contributed by atoms with Gasteiger partial charge in [-0.25, -0.2) is 8.42 Å². The van der Waals surface area contributed by atoms with E-state index in [1.54, 1.807) is 24.3 Å². The molecule has 0 aromatic heterocycles. The molecule has 1 aromatic rings. The fraction of sp³-hybridized carbons (Fsp3) is 0.429. The molecule has 2 aliphatic carbocycles. The second-order valence-corrected chi connectivity index (χ2v) is 7.19. The van der Waals surface area contributed by atoms with Gasteiger partial charge in [0.2, 0.25) is 0 Å². The second kappa shape index (κ2) is 3.70. The molecule has 2 aliphatic rings. The highest BCUT2D eigenvalue weighted by Gasteiger charge is 2.49. The summed E-state index contributed by atoms with van der Waals surface area (Å²) in [5.41, 5.74) is 0.949. The van der Waals surface area contributed by atoms with Crippen molar-refractivity contribution >= 4 is 9.84 Å². The summed E-state index contributed by atoms with van der Waals surface area (Å²) in [6.07, 6.45) is 3.19. The molecule has 0 radical (unpaired) electrons. The van der Waals surface area contributed by atoms with Gasteiger partial charge in [0, 0.05) is 0 Å². The number of rotatable bonds is 2. The minimum absolute atomic E-state index is 0.303. The molecule has 2 saturated carbocycles. The van der Waals surface area contributed by atoms with Gasteiger partial charge in [-0.15, -0.1) is 0 Å². The number of fused-ring (bicyclic) bond motifs is 2. The first-order valence-electron chi connectivity index (χ1n) is 6.08. The van der Waals surface area contributed by atoms with Crippen LogP contribution < -0.4 is 0 Å². The van der Waals surface area contributed by atoms with Crippen molar-refractivity contribution in [3.63, 3.8) is 0 Å². The van der Waals surface area contributed by atoms with Crippen LogP contribution in [0.4, 0.5) is 0 Å². The average Bonchev–Trinajstić information content (AvgIpc) is 2.90. The lowest BCUT2D eigenvalue weighted by molar-refractivity contribution is 0.523. The van der Waals surface area contributed by atoms with Crippen molar-refractivity contribution < 1.29 is 8.42 Å². The second-order valence-electron chi connectivity index (χ2n) is 5.12. The Labute approximate surface area is 102 Å². The lowest BCUT2D eigenvalue weighted by Gasteiger charge is -2.24. The molecule has 17 heavy (non-hydrogen) atoms. The molecule has 0 saturated heterocycles. The molecule has 2 nitrogen and oxygen atoms in total. The van der Waals surface area contributed by atoms with Crippen LogP contribution in [0.2, 0.25) is 0 Å². The molecule has 3 heteroatoms. The molecule has 1 unspecified atom stereocenters. The van der Waals surface area contributed by atoms with Crippen molar-refractivity contribution in [2.24, 2.45) is 11.8 Å². The van der Waals surface area contributed by atoms with Gasteiger partial charge in [-0.2, -0.15) is 0 Å². The maximum absolute atomic E-state index is 12.6. The fourth-order valence-electron chi connectivity index (χ4n) is 3.37. The summed E-state index contributed by atoms with van der Waals surface area (Å²) in [4.78, 5) is 0.443. The third-order valence-electron chi connectivity index (χ3n) is 4.20. The van der Waals surface area contributed by atoms with Crippen LogP contribution in [0.3, 0.4) is 0 Å². The monoisotopic (exact) mass is 248 g/mol. The van der Waals surface area contributed by atoms with Crippen LogP contribution in [0.15, 0.2) is 47.4 Å². The lowest BCUT2D eigenvalue weighted by atomic mass is 9.96. The Balaban J connectivity index is 2.03. The summed E-state index contributed by atoms with van der Waals surface area (Å²) in [7, 11) is -3.22. The molecule has 2 fully saturated rings. The number of hydrogen-bond acceptors (Lipinski definition) is 2. The predicted octanol–water partition coefficient (Wildman–Crippen LogP) is 2.82. The third kappa shape index (κ3) is 1.56. The largest absolute Gasteiger partial charge is 0.223 e. The molecular formula is C14H16O2S. The van der Waals surface area contributed by atoms with Crippen LogP contribution in [0.5, 0.6) is 0 Å². The first kappa shape index (κ1) is 11.0. The van der Waals surface area contributed by atoms with Gasteiger partial charge in [0.05, 0.1) is 10.1 Å². The summed E-state index contributed by atoms with van der Waals surface area (Å²) in [6.45, 7) is 4.03. The van der Waals surface area contributed by atoms with Gasteiger partial charge >= 0.3 is 0 Å². The molecule has 3 rings (SSSR count). The van der Waals surface area contributed by atoms with Gasteiger partial charge in [-0.3, -0.25) is 0 Å². The Hall–Kier alpha value is -1.09. The lowest BCUT2D eigenvalue weighted by Crippen LogP contribution is -2.29. The molecule has 0 N–H and O–H groups in total. The topological polar surface area (TPSA) is 34.1 Å². The van der Waals surface area contributed by atoms with Gasteiger partial charge < -0.3 is 0 Å². The number of hydrogen-bond donors (Lipinski definition) is 0. The smallest absolute Gasteiger partial charge is 0.185 e. The molecule has 0 spiro atoms. The zero-order valence-corrected chi connectivity index (χ0v) is 10.5. The maximum Gasteiger partial charge on any atom is 0.185 e. The third-order valence-corrected chi connectivity index (χ3v) is 6.48. The van der Waals surface area contributed by atoms with E-state index in [1.165, 1.54) is 0 Å². The SMILES string of the molecule is C=C1C(S(=O)(=O)c2ccccc2)[C@H]2CC[C@@H]1C2.